The second kappa shape index (κ2) is 7.71. The van der Waals surface area contributed by atoms with E-state index >= 15 is 0 Å². The number of hydrazine groups is 1. The predicted molar refractivity (Wildman–Crippen MR) is 99.3 cm³/mol. The van der Waals surface area contributed by atoms with Crippen molar-refractivity contribution in [3.05, 3.63) is 71.1 Å². The Hall–Kier alpha value is -3.32. The molecule has 0 saturated heterocycles. The number of aromatic hydroxyl groups is 1. The average molecular weight is 368 g/mol. The van der Waals surface area contributed by atoms with E-state index in [0.29, 0.717) is 10.6 Å². The van der Waals surface area contributed by atoms with Gasteiger partial charge in [-0.2, -0.15) is 0 Å². The third-order valence-electron chi connectivity index (χ3n) is 3.62. The summed E-state index contributed by atoms with van der Waals surface area (Å²) < 4.78 is 5.28. The van der Waals surface area contributed by atoms with Crippen molar-refractivity contribution in [2.75, 3.05) is 7.11 Å². The first-order valence-corrected chi connectivity index (χ1v) is 8.53. The lowest BCUT2D eigenvalue weighted by Gasteiger charge is -2.08. The molecule has 7 heteroatoms. The first-order valence-electron chi connectivity index (χ1n) is 7.72. The van der Waals surface area contributed by atoms with Crippen molar-refractivity contribution in [3.8, 4) is 21.9 Å². The minimum absolute atomic E-state index is 0.0657. The van der Waals surface area contributed by atoms with Crippen LogP contribution in [-0.4, -0.2) is 24.0 Å². The number of methoxy groups -OCH3 is 1. The van der Waals surface area contributed by atoms with Crippen LogP contribution in [0.2, 0.25) is 0 Å². The fourth-order valence-electron chi connectivity index (χ4n) is 2.33. The monoisotopic (exact) mass is 368 g/mol. The SMILES string of the molecule is COc1cc(-c2ccccc2)sc1C(=O)NNC(=O)c1ccccc1O. The maximum Gasteiger partial charge on any atom is 0.283 e. The van der Waals surface area contributed by atoms with Gasteiger partial charge in [0.15, 0.2) is 0 Å². The molecule has 2 aromatic carbocycles. The van der Waals surface area contributed by atoms with Gasteiger partial charge < -0.3 is 9.84 Å². The van der Waals surface area contributed by atoms with Crippen LogP contribution in [0.1, 0.15) is 20.0 Å². The van der Waals surface area contributed by atoms with Crippen molar-refractivity contribution < 1.29 is 19.4 Å². The van der Waals surface area contributed by atoms with E-state index < -0.39 is 11.8 Å². The highest BCUT2D eigenvalue weighted by Crippen LogP contribution is 2.36. The Morgan fingerprint density at radius 1 is 0.962 bits per heavy atom. The van der Waals surface area contributed by atoms with Crippen molar-refractivity contribution in [2.24, 2.45) is 0 Å². The molecule has 0 bridgehead atoms. The standard InChI is InChI=1S/C19H16N2O4S/c1-25-15-11-16(12-7-3-2-4-8-12)26-17(15)19(24)21-20-18(23)13-9-5-6-10-14(13)22/h2-11,22H,1H3,(H,20,23)(H,21,24). The largest absolute Gasteiger partial charge is 0.507 e. The van der Waals surface area contributed by atoms with Gasteiger partial charge in [0.1, 0.15) is 16.4 Å². The zero-order valence-corrected chi connectivity index (χ0v) is 14.7. The smallest absolute Gasteiger partial charge is 0.283 e. The summed E-state index contributed by atoms with van der Waals surface area (Å²) in [6.45, 7) is 0. The van der Waals surface area contributed by atoms with E-state index in [1.54, 1.807) is 18.2 Å². The van der Waals surface area contributed by atoms with Gasteiger partial charge in [0, 0.05) is 4.88 Å². The first kappa shape index (κ1) is 17.5. The van der Waals surface area contributed by atoms with Crippen molar-refractivity contribution in [1.82, 2.24) is 10.9 Å². The molecule has 2 amide bonds. The zero-order chi connectivity index (χ0) is 18.5. The van der Waals surface area contributed by atoms with Crippen LogP contribution >= 0.6 is 11.3 Å². The summed E-state index contributed by atoms with van der Waals surface area (Å²) in [4.78, 5) is 25.7. The molecule has 0 radical (unpaired) electrons. The number of benzene rings is 2. The maximum absolute atomic E-state index is 12.4. The molecule has 0 saturated carbocycles. The number of ether oxygens (including phenoxy) is 1. The van der Waals surface area contributed by atoms with Crippen LogP contribution in [0.4, 0.5) is 0 Å². The second-order valence-electron chi connectivity index (χ2n) is 5.30. The number of rotatable bonds is 4. The molecule has 0 fully saturated rings. The molecular weight excluding hydrogens is 352 g/mol. The number of carbonyl (C=O) groups is 2. The molecule has 0 atom stereocenters. The van der Waals surface area contributed by atoms with Crippen LogP contribution in [0.5, 0.6) is 11.5 Å². The number of carbonyl (C=O) groups excluding carboxylic acids is 2. The first-order chi connectivity index (χ1) is 12.6. The Kier molecular flexibility index (Phi) is 5.19. The van der Waals surface area contributed by atoms with Crippen molar-refractivity contribution in [3.63, 3.8) is 0 Å². The molecule has 0 aliphatic carbocycles. The van der Waals surface area contributed by atoms with E-state index in [-0.39, 0.29) is 11.3 Å². The van der Waals surface area contributed by atoms with E-state index in [0.717, 1.165) is 10.4 Å². The number of para-hydroxylation sites is 1. The van der Waals surface area contributed by atoms with Gasteiger partial charge in [-0.05, 0) is 23.8 Å². The van der Waals surface area contributed by atoms with Gasteiger partial charge in [-0.15, -0.1) is 11.3 Å². The zero-order valence-electron chi connectivity index (χ0n) is 13.9. The minimum Gasteiger partial charge on any atom is -0.507 e. The van der Waals surface area contributed by atoms with Gasteiger partial charge in [-0.25, -0.2) is 0 Å². The summed E-state index contributed by atoms with van der Waals surface area (Å²) >= 11 is 1.26. The Morgan fingerprint density at radius 3 is 2.31 bits per heavy atom. The van der Waals surface area contributed by atoms with Crippen LogP contribution in [0.25, 0.3) is 10.4 Å². The summed E-state index contributed by atoms with van der Waals surface area (Å²) in [6, 6.07) is 17.5. The number of phenolic OH excluding ortho intramolecular Hbond substituents is 1. The van der Waals surface area contributed by atoms with Crippen LogP contribution in [0, 0.1) is 0 Å². The van der Waals surface area contributed by atoms with E-state index in [4.69, 9.17) is 4.74 Å². The van der Waals surface area contributed by atoms with Crippen LogP contribution in [-0.2, 0) is 0 Å². The fraction of sp³-hybridized carbons (Fsp3) is 0.0526. The van der Waals surface area contributed by atoms with E-state index in [1.165, 1.54) is 30.6 Å². The van der Waals surface area contributed by atoms with Crippen molar-refractivity contribution in [1.29, 1.82) is 0 Å². The highest BCUT2D eigenvalue weighted by Gasteiger charge is 2.19. The van der Waals surface area contributed by atoms with Gasteiger partial charge in [0.05, 0.1) is 12.7 Å². The molecule has 26 heavy (non-hydrogen) atoms. The van der Waals surface area contributed by atoms with Gasteiger partial charge in [0.2, 0.25) is 0 Å². The molecule has 0 aliphatic rings. The Bertz CT molecular complexity index is 938. The topological polar surface area (TPSA) is 87.7 Å². The highest BCUT2D eigenvalue weighted by atomic mass is 32.1. The molecular formula is C19H16N2O4S. The van der Waals surface area contributed by atoms with Crippen molar-refractivity contribution in [2.45, 2.75) is 0 Å². The van der Waals surface area contributed by atoms with E-state index in [2.05, 4.69) is 10.9 Å². The summed E-state index contributed by atoms with van der Waals surface area (Å²) in [5, 5.41) is 9.68. The summed E-state index contributed by atoms with van der Waals surface area (Å²) in [5.74, 6) is -0.865. The Balaban J connectivity index is 1.75. The third kappa shape index (κ3) is 3.68. The summed E-state index contributed by atoms with van der Waals surface area (Å²) in [5.41, 5.74) is 5.67. The second-order valence-corrected chi connectivity index (χ2v) is 6.35. The number of hydrogen-bond donors (Lipinski definition) is 3. The molecule has 3 aromatic rings. The maximum atomic E-state index is 12.4. The van der Waals surface area contributed by atoms with Crippen LogP contribution in [0.3, 0.4) is 0 Å². The lowest BCUT2D eigenvalue weighted by atomic mass is 10.2. The normalized spacial score (nSPS) is 10.2. The van der Waals surface area contributed by atoms with Crippen LogP contribution in [0.15, 0.2) is 60.7 Å². The number of hydrogen-bond acceptors (Lipinski definition) is 5. The molecule has 0 spiro atoms. The van der Waals surface area contributed by atoms with Crippen LogP contribution < -0.4 is 15.6 Å². The van der Waals surface area contributed by atoms with Gasteiger partial charge in [0.25, 0.3) is 11.8 Å². The predicted octanol–water partition coefficient (Wildman–Crippen LogP) is 3.20. The molecule has 0 unspecified atom stereocenters. The number of amides is 2. The van der Waals surface area contributed by atoms with Gasteiger partial charge in [-0.3, -0.25) is 20.4 Å². The molecule has 0 aliphatic heterocycles. The number of thiophene rings is 1. The number of nitrogens with one attached hydrogen (secondary N) is 2. The third-order valence-corrected chi connectivity index (χ3v) is 4.78. The summed E-state index contributed by atoms with van der Waals surface area (Å²) in [6.07, 6.45) is 0. The molecule has 3 N–H and O–H groups in total. The van der Waals surface area contributed by atoms with Gasteiger partial charge in [-0.1, -0.05) is 42.5 Å². The fourth-order valence-corrected chi connectivity index (χ4v) is 3.36. The number of phenols is 1. The molecule has 132 valence electrons. The Labute approximate surface area is 154 Å². The van der Waals surface area contributed by atoms with Gasteiger partial charge >= 0.3 is 0 Å². The molecule has 3 rings (SSSR count). The highest BCUT2D eigenvalue weighted by molar-refractivity contribution is 7.17. The molecule has 1 aromatic heterocycles. The summed E-state index contributed by atoms with van der Waals surface area (Å²) in [7, 11) is 1.48. The quantitative estimate of drug-likeness (QED) is 0.617. The lowest BCUT2D eigenvalue weighted by molar-refractivity contribution is 0.0845. The van der Waals surface area contributed by atoms with E-state index in [1.807, 2.05) is 30.3 Å². The van der Waals surface area contributed by atoms with E-state index in [9.17, 15) is 14.7 Å². The lowest BCUT2D eigenvalue weighted by Crippen LogP contribution is -2.41. The average Bonchev–Trinajstić information content (AvgIpc) is 3.11. The molecule has 6 nitrogen and oxygen atoms in total. The molecule has 1 heterocycles. The Morgan fingerprint density at radius 2 is 1.62 bits per heavy atom. The van der Waals surface area contributed by atoms with Crippen molar-refractivity contribution >= 4 is 23.2 Å². The minimum atomic E-state index is -0.616.